The third-order valence-electron chi connectivity index (χ3n) is 5.38. The number of nitrogens with one attached hydrogen (secondary N) is 3. The molecule has 32 heavy (non-hydrogen) atoms. The van der Waals surface area contributed by atoms with Crippen LogP contribution in [0.1, 0.15) is 41.6 Å². The fourth-order valence-electron chi connectivity index (χ4n) is 3.67. The maximum Gasteiger partial charge on any atom is 0.251 e. The molecule has 9 heteroatoms. The van der Waals surface area contributed by atoms with E-state index in [2.05, 4.69) is 15.4 Å². The second kappa shape index (κ2) is 11.1. The topological polar surface area (TPSA) is 114 Å². The highest BCUT2D eigenvalue weighted by atomic mass is 32.2. The summed E-state index contributed by atoms with van der Waals surface area (Å²) in [5.41, 5.74) is 1.24. The fourth-order valence-corrected chi connectivity index (χ4v) is 5.17. The maximum absolute atomic E-state index is 12.9. The van der Waals surface area contributed by atoms with Gasteiger partial charge < -0.3 is 15.4 Å². The summed E-state index contributed by atoms with van der Waals surface area (Å²) in [4.78, 5) is 24.5. The Labute approximate surface area is 188 Å². The van der Waals surface area contributed by atoms with Crippen molar-refractivity contribution in [3.8, 4) is 5.75 Å². The van der Waals surface area contributed by atoms with Crippen LogP contribution in [0, 0.1) is 0 Å². The van der Waals surface area contributed by atoms with E-state index in [-0.39, 0.29) is 34.7 Å². The van der Waals surface area contributed by atoms with Gasteiger partial charge in [-0.25, -0.2) is 13.1 Å². The molecule has 0 bridgehead atoms. The molecule has 0 saturated heterocycles. The molecule has 0 heterocycles. The van der Waals surface area contributed by atoms with E-state index in [0.29, 0.717) is 13.0 Å². The zero-order chi connectivity index (χ0) is 23.0. The maximum atomic E-state index is 12.9. The zero-order valence-electron chi connectivity index (χ0n) is 18.1. The van der Waals surface area contributed by atoms with E-state index < -0.39 is 15.9 Å². The first-order valence-corrected chi connectivity index (χ1v) is 12.2. The van der Waals surface area contributed by atoms with E-state index in [9.17, 15) is 18.0 Å². The van der Waals surface area contributed by atoms with Gasteiger partial charge in [0.25, 0.3) is 5.91 Å². The average molecular weight is 460 g/mol. The first kappa shape index (κ1) is 23.7. The van der Waals surface area contributed by atoms with Crippen molar-refractivity contribution in [2.75, 3.05) is 20.2 Å². The Hall–Kier alpha value is -2.91. The number of carbonyl (C=O) groups is 2. The van der Waals surface area contributed by atoms with Crippen LogP contribution in [0.5, 0.6) is 5.75 Å². The van der Waals surface area contributed by atoms with Gasteiger partial charge in [-0.1, -0.05) is 43.2 Å². The number of methoxy groups -OCH3 is 1. The molecular formula is C23H29N3O5S. The van der Waals surface area contributed by atoms with Gasteiger partial charge in [0.15, 0.2) is 0 Å². The lowest BCUT2D eigenvalue weighted by atomic mass is 10.1. The molecule has 0 atom stereocenters. The molecule has 2 aromatic rings. The Bertz CT molecular complexity index is 1030. The monoisotopic (exact) mass is 459 g/mol. The molecule has 0 spiro atoms. The van der Waals surface area contributed by atoms with Crippen LogP contribution in [0.15, 0.2) is 53.4 Å². The lowest BCUT2D eigenvalue weighted by Gasteiger charge is -2.15. The molecule has 3 rings (SSSR count). The van der Waals surface area contributed by atoms with Gasteiger partial charge in [0.05, 0.1) is 13.7 Å². The third kappa shape index (κ3) is 6.54. The van der Waals surface area contributed by atoms with Crippen molar-refractivity contribution in [3.05, 3.63) is 59.7 Å². The summed E-state index contributed by atoms with van der Waals surface area (Å²) in [5.74, 6) is -0.701. The van der Waals surface area contributed by atoms with Crippen LogP contribution in [0.4, 0.5) is 0 Å². The zero-order valence-corrected chi connectivity index (χ0v) is 18.9. The lowest BCUT2D eigenvalue weighted by Crippen LogP contribution is -2.38. The van der Waals surface area contributed by atoms with Gasteiger partial charge in [0.1, 0.15) is 10.6 Å². The van der Waals surface area contributed by atoms with E-state index in [0.717, 1.165) is 31.2 Å². The Morgan fingerprint density at radius 3 is 2.44 bits per heavy atom. The fraction of sp³-hybridized carbons (Fsp3) is 0.391. The summed E-state index contributed by atoms with van der Waals surface area (Å²) in [6.45, 7) is 0.249. The quantitative estimate of drug-likeness (QED) is 0.503. The third-order valence-corrected chi connectivity index (χ3v) is 6.92. The average Bonchev–Trinajstić information content (AvgIpc) is 3.30. The summed E-state index contributed by atoms with van der Waals surface area (Å²) < 4.78 is 33.6. The van der Waals surface area contributed by atoms with Crippen LogP contribution in [0.25, 0.3) is 0 Å². The van der Waals surface area contributed by atoms with Crippen LogP contribution >= 0.6 is 0 Å². The molecule has 1 fully saturated rings. The normalized spacial score (nSPS) is 14.2. The van der Waals surface area contributed by atoms with Crippen molar-refractivity contribution in [1.82, 2.24) is 15.4 Å². The molecule has 0 aliphatic heterocycles. The van der Waals surface area contributed by atoms with E-state index in [1.165, 1.54) is 25.3 Å². The lowest BCUT2D eigenvalue weighted by molar-refractivity contribution is -0.120. The van der Waals surface area contributed by atoms with Crippen LogP contribution in [0.2, 0.25) is 0 Å². The summed E-state index contributed by atoms with van der Waals surface area (Å²) in [6, 6.07) is 13.8. The minimum Gasteiger partial charge on any atom is -0.495 e. The highest BCUT2D eigenvalue weighted by Crippen LogP contribution is 2.27. The number of benzene rings is 2. The number of amides is 2. The van der Waals surface area contributed by atoms with Crippen molar-refractivity contribution >= 4 is 21.8 Å². The smallest absolute Gasteiger partial charge is 0.251 e. The largest absolute Gasteiger partial charge is 0.495 e. The molecule has 1 saturated carbocycles. The molecule has 1 aliphatic rings. The minimum absolute atomic E-state index is 0.0909. The molecule has 0 unspecified atom stereocenters. The van der Waals surface area contributed by atoms with Crippen LogP contribution < -0.4 is 20.1 Å². The number of carbonyl (C=O) groups excluding carboxylic acids is 2. The molecule has 3 N–H and O–H groups in total. The highest BCUT2D eigenvalue weighted by Gasteiger charge is 2.26. The Morgan fingerprint density at radius 2 is 1.75 bits per heavy atom. The van der Waals surface area contributed by atoms with Gasteiger partial charge >= 0.3 is 0 Å². The van der Waals surface area contributed by atoms with Gasteiger partial charge in [-0.2, -0.15) is 0 Å². The Kier molecular flexibility index (Phi) is 8.24. The second-order valence-corrected chi connectivity index (χ2v) is 9.42. The summed E-state index contributed by atoms with van der Waals surface area (Å²) in [6.07, 6.45) is 4.25. The van der Waals surface area contributed by atoms with Gasteiger partial charge in [0, 0.05) is 18.2 Å². The summed E-state index contributed by atoms with van der Waals surface area (Å²) in [5, 5.41) is 5.28. The van der Waals surface area contributed by atoms with Crippen LogP contribution in [-0.4, -0.2) is 46.5 Å². The van der Waals surface area contributed by atoms with E-state index in [1.807, 2.05) is 30.3 Å². The first-order chi connectivity index (χ1) is 15.4. The van der Waals surface area contributed by atoms with E-state index >= 15 is 0 Å². The number of hydrogen-bond acceptors (Lipinski definition) is 5. The summed E-state index contributed by atoms with van der Waals surface area (Å²) in [7, 11) is -2.47. The highest BCUT2D eigenvalue weighted by molar-refractivity contribution is 7.89. The molecule has 172 valence electrons. The van der Waals surface area contributed by atoms with Crippen molar-refractivity contribution < 1.29 is 22.7 Å². The van der Waals surface area contributed by atoms with Crippen LogP contribution in [-0.2, 0) is 21.2 Å². The standard InChI is InChI=1S/C23H29N3O5S/c1-31-20-12-11-18(15-21(20)32(29,30)26-19-9-5-6-10-19)23(28)25-16-22(27)24-14-13-17-7-3-2-4-8-17/h2-4,7-8,11-12,15,19,26H,5-6,9-10,13-14,16H2,1H3,(H,24,27)(H,25,28). The first-order valence-electron chi connectivity index (χ1n) is 10.7. The van der Waals surface area contributed by atoms with Gasteiger partial charge in [0.2, 0.25) is 15.9 Å². The predicted molar refractivity (Wildman–Crippen MR) is 121 cm³/mol. The number of rotatable bonds is 10. The predicted octanol–water partition coefficient (Wildman–Crippen LogP) is 2.00. The van der Waals surface area contributed by atoms with Crippen molar-refractivity contribution in [2.45, 2.75) is 43.0 Å². The number of sulfonamides is 1. The van der Waals surface area contributed by atoms with Gasteiger partial charge in [-0.05, 0) is 43.0 Å². The van der Waals surface area contributed by atoms with Crippen molar-refractivity contribution in [1.29, 1.82) is 0 Å². The Balaban J connectivity index is 1.57. The molecule has 1 aliphatic carbocycles. The van der Waals surface area contributed by atoms with E-state index in [1.54, 1.807) is 0 Å². The van der Waals surface area contributed by atoms with Gasteiger partial charge in [-0.3, -0.25) is 9.59 Å². The number of ether oxygens (including phenoxy) is 1. The molecule has 0 aromatic heterocycles. The molecule has 2 aromatic carbocycles. The molecular weight excluding hydrogens is 430 g/mol. The van der Waals surface area contributed by atoms with Crippen LogP contribution in [0.3, 0.4) is 0 Å². The van der Waals surface area contributed by atoms with Gasteiger partial charge in [-0.15, -0.1) is 0 Å². The molecule has 8 nitrogen and oxygen atoms in total. The van der Waals surface area contributed by atoms with E-state index in [4.69, 9.17) is 4.74 Å². The molecule has 0 radical (unpaired) electrons. The summed E-state index contributed by atoms with van der Waals surface area (Å²) >= 11 is 0. The molecule has 2 amide bonds. The van der Waals surface area contributed by atoms with Crippen molar-refractivity contribution in [3.63, 3.8) is 0 Å². The SMILES string of the molecule is COc1ccc(C(=O)NCC(=O)NCCc2ccccc2)cc1S(=O)(=O)NC1CCCC1. The Morgan fingerprint density at radius 1 is 1.03 bits per heavy atom. The number of hydrogen-bond donors (Lipinski definition) is 3. The van der Waals surface area contributed by atoms with Crippen molar-refractivity contribution in [2.24, 2.45) is 0 Å². The minimum atomic E-state index is -3.85. The second-order valence-electron chi connectivity index (χ2n) is 7.74.